The number of rotatable bonds is 4. The quantitative estimate of drug-likeness (QED) is 0.808. The van der Waals surface area contributed by atoms with E-state index in [9.17, 15) is 0 Å². The molecular formula is C11H18N4O. The molecule has 2 rings (SSSR count). The fourth-order valence-electron chi connectivity index (χ4n) is 1.75. The first-order chi connectivity index (χ1) is 7.88. The van der Waals surface area contributed by atoms with E-state index < -0.39 is 0 Å². The average Bonchev–Trinajstić information content (AvgIpc) is 2.31. The second-order valence-electron chi connectivity index (χ2n) is 3.85. The topological polar surface area (TPSA) is 59.1 Å². The lowest BCUT2D eigenvalue weighted by Crippen LogP contribution is -2.28. The summed E-state index contributed by atoms with van der Waals surface area (Å²) in [4.78, 5) is 8.58. The largest absolute Gasteiger partial charge is 0.381 e. The van der Waals surface area contributed by atoms with Crippen molar-refractivity contribution in [1.29, 1.82) is 0 Å². The number of anilines is 2. The van der Waals surface area contributed by atoms with E-state index in [2.05, 4.69) is 20.6 Å². The van der Waals surface area contributed by atoms with Crippen LogP contribution in [0.1, 0.15) is 19.8 Å². The van der Waals surface area contributed by atoms with E-state index in [0.29, 0.717) is 6.04 Å². The van der Waals surface area contributed by atoms with Gasteiger partial charge in [-0.3, -0.25) is 4.98 Å². The van der Waals surface area contributed by atoms with Crippen molar-refractivity contribution in [3.05, 3.63) is 12.4 Å². The Kier molecular flexibility index (Phi) is 3.93. The minimum atomic E-state index is 0.458. The normalized spacial score (nSPS) is 17.1. The van der Waals surface area contributed by atoms with Gasteiger partial charge in [0.25, 0.3) is 0 Å². The monoisotopic (exact) mass is 222 g/mol. The van der Waals surface area contributed by atoms with Gasteiger partial charge in [0.1, 0.15) is 11.6 Å². The maximum Gasteiger partial charge on any atom is 0.147 e. The van der Waals surface area contributed by atoms with Gasteiger partial charge in [-0.15, -0.1) is 0 Å². The summed E-state index contributed by atoms with van der Waals surface area (Å²) in [5.74, 6) is 1.66. The van der Waals surface area contributed by atoms with E-state index in [1.54, 1.807) is 12.4 Å². The summed E-state index contributed by atoms with van der Waals surface area (Å²) in [5.41, 5.74) is 0. The van der Waals surface area contributed by atoms with Crippen molar-refractivity contribution in [3.8, 4) is 0 Å². The first-order valence-corrected chi connectivity index (χ1v) is 5.78. The van der Waals surface area contributed by atoms with Crippen molar-refractivity contribution >= 4 is 11.6 Å². The molecule has 1 aliphatic heterocycles. The van der Waals surface area contributed by atoms with Gasteiger partial charge < -0.3 is 15.4 Å². The highest BCUT2D eigenvalue weighted by Gasteiger charge is 2.13. The van der Waals surface area contributed by atoms with E-state index in [4.69, 9.17) is 4.74 Å². The van der Waals surface area contributed by atoms with Gasteiger partial charge in [0.15, 0.2) is 0 Å². The molecule has 0 radical (unpaired) electrons. The highest BCUT2D eigenvalue weighted by molar-refractivity contribution is 5.42. The molecule has 5 heteroatoms. The van der Waals surface area contributed by atoms with Gasteiger partial charge in [0.2, 0.25) is 0 Å². The van der Waals surface area contributed by atoms with Crippen LogP contribution in [0.5, 0.6) is 0 Å². The van der Waals surface area contributed by atoms with Gasteiger partial charge in [-0.25, -0.2) is 4.98 Å². The molecule has 0 amide bonds. The third-order valence-corrected chi connectivity index (χ3v) is 2.57. The van der Waals surface area contributed by atoms with Crippen LogP contribution in [0.15, 0.2) is 12.4 Å². The van der Waals surface area contributed by atoms with E-state index >= 15 is 0 Å². The molecule has 1 saturated heterocycles. The number of aromatic nitrogens is 2. The van der Waals surface area contributed by atoms with Crippen LogP contribution in [0, 0.1) is 0 Å². The molecule has 1 aliphatic rings. The Hall–Kier alpha value is -1.36. The minimum absolute atomic E-state index is 0.458. The zero-order chi connectivity index (χ0) is 11.2. The molecule has 88 valence electrons. The number of nitrogens with zero attached hydrogens (tertiary/aromatic N) is 2. The van der Waals surface area contributed by atoms with Gasteiger partial charge in [-0.1, -0.05) is 0 Å². The summed E-state index contributed by atoms with van der Waals surface area (Å²) in [5, 5.41) is 6.53. The summed E-state index contributed by atoms with van der Waals surface area (Å²) in [6.07, 6.45) is 5.56. The standard InChI is InChI=1S/C11H18N4O/c1-2-13-10-7-12-8-11(15-10)14-9-3-5-16-6-4-9/h7-9H,2-6H2,1H3,(H2,13,14,15). The predicted octanol–water partition coefficient (Wildman–Crippen LogP) is 1.50. The number of hydrogen-bond acceptors (Lipinski definition) is 5. The summed E-state index contributed by atoms with van der Waals surface area (Å²) in [7, 11) is 0. The van der Waals surface area contributed by atoms with E-state index in [0.717, 1.165) is 44.2 Å². The first-order valence-electron chi connectivity index (χ1n) is 5.78. The zero-order valence-electron chi connectivity index (χ0n) is 9.57. The lowest BCUT2D eigenvalue weighted by atomic mass is 10.1. The highest BCUT2D eigenvalue weighted by atomic mass is 16.5. The van der Waals surface area contributed by atoms with Crippen molar-refractivity contribution in [2.75, 3.05) is 30.4 Å². The average molecular weight is 222 g/mol. The van der Waals surface area contributed by atoms with Crippen LogP contribution in [0.25, 0.3) is 0 Å². The highest BCUT2D eigenvalue weighted by Crippen LogP contribution is 2.13. The molecule has 0 aromatic carbocycles. The third kappa shape index (κ3) is 3.06. The summed E-state index contributed by atoms with van der Waals surface area (Å²) >= 11 is 0. The van der Waals surface area contributed by atoms with E-state index in [1.807, 2.05) is 6.92 Å². The van der Waals surface area contributed by atoms with Crippen LogP contribution in [0.2, 0.25) is 0 Å². The molecule has 0 aliphatic carbocycles. The second kappa shape index (κ2) is 5.65. The van der Waals surface area contributed by atoms with Crippen LogP contribution in [0.3, 0.4) is 0 Å². The van der Waals surface area contributed by atoms with Crippen molar-refractivity contribution in [3.63, 3.8) is 0 Å². The van der Waals surface area contributed by atoms with Crippen molar-refractivity contribution < 1.29 is 4.74 Å². The second-order valence-corrected chi connectivity index (χ2v) is 3.85. The number of hydrogen-bond donors (Lipinski definition) is 2. The molecule has 2 heterocycles. The lowest BCUT2D eigenvalue weighted by Gasteiger charge is -2.23. The van der Waals surface area contributed by atoms with Gasteiger partial charge >= 0.3 is 0 Å². The maximum atomic E-state index is 5.31. The van der Waals surface area contributed by atoms with E-state index in [-0.39, 0.29) is 0 Å². The molecule has 1 aromatic rings. The molecule has 16 heavy (non-hydrogen) atoms. The molecule has 0 saturated carbocycles. The Labute approximate surface area is 95.6 Å². The fourth-order valence-corrected chi connectivity index (χ4v) is 1.75. The molecule has 0 unspecified atom stereocenters. The van der Waals surface area contributed by atoms with Crippen molar-refractivity contribution in [1.82, 2.24) is 9.97 Å². The smallest absolute Gasteiger partial charge is 0.147 e. The molecule has 1 aromatic heterocycles. The molecule has 0 bridgehead atoms. The Morgan fingerprint density at radius 2 is 2.06 bits per heavy atom. The van der Waals surface area contributed by atoms with Crippen LogP contribution in [0.4, 0.5) is 11.6 Å². The van der Waals surface area contributed by atoms with Crippen LogP contribution in [-0.2, 0) is 4.74 Å². The Balaban J connectivity index is 1.94. The zero-order valence-corrected chi connectivity index (χ0v) is 9.57. The number of nitrogens with one attached hydrogen (secondary N) is 2. The fraction of sp³-hybridized carbons (Fsp3) is 0.636. The predicted molar refractivity (Wildman–Crippen MR) is 63.7 cm³/mol. The molecule has 0 spiro atoms. The minimum Gasteiger partial charge on any atom is -0.381 e. The molecular weight excluding hydrogens is 204 g/mol. The maximum absolute atomic E-state index is 5.31. The molecule has 0 atom stereocenters. The number of ether oxygens (including phenoxy) is 1. The van der Waals surface area contributed by atoms with Gasteiger partial charge in [0, 0.05) is 25.8 Å². The summed E-state index contributed by atoms with van der Waals surface area (Å²) in [6.45, 7) is 4.56. The van der Waals surface area contributed by atoms with Crippen LogP contribution >= 0.6 is 0 Å². The van der Waals surface area contributed by atoms with Crippen molar-refractivity contribution in [2.24, 2.45) is 0 Å². The Morgan fingerprint density at radius 1 is 1.31 bits per heavy atom. The van der Waals surface area contributed by atoms with Crippen molar-refractivity contribution in [2.45, 2.75) is 25.8 Å². The molecule has 1 fully saturated rings. The first kappa shape index (κ1) is 11.1. The Morgan fingerprint density at radius 3 is 2.81 bits per heavy atom. The van der Waals surface area contributed by atoms with Gasteiger partial charge in [0.05, 0.1) is 12.4 Å². The SMILES string of the molecule is CCNc1cncc(NC2CCOCC2)n1. The molecule has 5 nitrogen and oxygen atoms in total. The summed E-state index contributed by atoms with van der Waals surface area (Å²) in [6, 6.07) is 0.458. The third-order valence-electron chi connectivity index (χ3n) is 2.57. The van der Waals surface area contributed by atoms with Gasteiger partial charge in [-0.2, -0.15) is 0 Å². The lowest BCUT2D eigenvalue weighted by molar-refractivity contribution is 0.0904. The molecule has 2 N–H and O–H groups in total. The van der Waals surface area contributed by atoms with Gasteiger partial charge in [-0.05, 0) is 19.8 Å². The summed E-state index contributed by atoms with van der Waals surface area (Å²) < 4.78 is 5.31. The van der Waals surface area contributed by atoms with E-state index in [1.165, 1.54) is 0 Å². The van der Waals surface area contributed by atoms with Crippen LogP contribution < -0.4 is 10.6 Å². The Bertz CT molecular complexity index is 326. The van der Waals surface area contributed by atoms with Crippen LogP contribution in [-0.4, -0.2) is 35.8 Å².